The van der Waals surface area contributed by atoms with E-state index in [1.165, 1.54) is 6.07 Å². The Morgan fingerprint density at radius 1 is 1.33 bits per heavy atom. The van der Waals surface area contributed by atoms with Gasteiger partial charge in [-0.3, -0.25) is 0 Å². The highest BCUT2D eigenvalue weighted by atomic mass is 19.1. The van der Waals surface area contributed by atoms with Crippen molar-refractivity contribution < 1.29 is 4.39 Å². The summed E-state index contributed by atoms with van der Waals surface area (Å²) in [6.45, 7) is 0.411. The molecule has 1 heterocycles. The molecule has 3 nitrogen and oxygen atoms in total. The molecule has 0 aliphatic heterocycles. The molecule has 1 aromatic heterocycles. The molecule has 0 bridgehead atoms. The van der Waals surface area contributed by atoms with Gasteiger partial charge in [0, 0.05) is 25.4 Å². The molecule has 90 valence electrons. The van der Waals surface area contributed by atoms with Crippen molar-refractivity contribution in [2.75, 3.05) is 11.9 Å². The van der Waals surface area contributed by atoms with E-state index in [1.54, 1.807) is 41.4 Å². The quantitative estimate of drug-likeness (QED) is 0.829. The van der Waals surface area contributed by atoms with E-state index in [2.05, 4.69) is 11.1 Å². The van der Waals surface area contributed by atoms with Gasteiger partial charge in [0.2, 0.25) is 0 Å². The monoisotopic (exact) mass is 241 g/mol. The normalized spacial score (nSPS) is 9.83. The highest BCUT2D eigenvalue weighted by Crippen LogP contribution is 2.15. The fraction of sp³-hybridized carbons (Fsp3) is 0.143. The molecule has 0 fully saturated rings. The van der Waals surface area contributed by atoms with Crippen LogP contribution in [0, 0.1) is 17.1 Å². The van der Waals surface area contributed by atoms with Gasteiger partial charge in [0.25, 0.3) is 0 Å². The lowest BCUT2D eigenvalue weighted by Gasteiger charge is -2.18. The maximum atomic E-state index is 13.5. The average molecular weight is 241 g/mol. The summed E-state index contributed by atoms with van der Waals surface area (Å²) < 4.78 is 13.5. The van der Waals surface area contributed by atoms with Crippen LogP contribution < -0.4 is 4.90 Å². The topological polar surface area (TPSA) is 39.9 Å². The fourth-order valence-electron chi connectivity index (χ4n) is 1.66. The van der Waals surface area contributed by atoms with Gasteiger partial charge in [0.15, 0.2) is 0 Å². The van der Waals surface area contributed by atoms with E-state index in [0.29, 0.717) is 23.5 Å². The number of nitrogens with zero attached hydrogens (tertiary/aromatic N) is 3. The zero-order chi connectivity index (χ0) is 13.0. The van der Waals surface area contributed by atoms with Gasteiger partial charge in [0.05, 0.1) is 11.6 Å². The molecule has 0 unspecified atom stereocenters. The van der Waals surface area contributed by atoms with Crippen molar-refractivity contribution in [3.8, 4) is 6.07 Å². The molecule has 0 atom stereocenters. The molecular formula is C14H12FN3. The Balaban J connectivity index is 2.20. The summed E-state index contributed by atoms with van der Waals surface area (Å²) in [7, 11) is 1.82. The number of aromatic nitrogens is 1. The lowest BCUT2D eigenvalue weighted by Crippen LogP contribution is -2.18. The van der Waals surface area contributed by atoms with Crippen LogP contribution in [0.4, 0.5) is 10.2 Å². The van der Waals surface area contributed by atoms with E-state index >= 15 is 0 Å². The van der Waals surface area contributed by atoms with Gasteiger partial charge in [-0.1, -0.05) is 18.2 Å². The van der Waals surface area contributed by atoms with Crippen molar-refractivity contribution in [3.05, 3.63) is 59.5 Å². The van der Waals surface area contributed by atoms with Gasteiger partial charge in [-0.25, -0.2) is 9.37 Å². The van der Waals surface area contributed by atoms with Crippen molar-refractivity contribution >= 4 is 5.82 Å². The molecule has 0 saturated carbocycles. The number of halogens is 1. The van der Waals surface area contributed by atoms with Crippen molar-refractivity contribution in [1.82, 2.24) is 4.98 Å². The molecule has 0 aliphatic rings. The number of hydrogen-bond donors (Lipinski definition) is 0. The first-order chi connectivity index (χ1) is 8.70. The van der Waals surface area contributed by atoms with Gasteiger partial charge >= 0.3 is 0 Å². The zero-order valence-corrected chi connectivity index (χ0v) is 9.97. The largest absolute Gasteiger partial charge is 0.355 e. The molecule has 0 aliphatic carbocycles. The van der Waals surface area contributed by atoms with E-state index < -0.39 is 0 Å². The minimum absolute atomic E-state index is 0.235. The molecule has 0 spiro atoms. The smallest absolute Gasteiger partial charge is 0.129 e. The molecule has 1 aromatic carbocycles. The summed E-state index contributed by atoms with van der Waals surface area (Å²) in [5.74, 6) is 0.415. The summed E-state index contributed by atoms with van der Waals surface area (Å²) in [4.78, 5) is 5.97. The molecule has 2 rings (SSSR count). The summed E-state index contributed by atoms with van der Waals surface area (Å²) in [6.07, 6.45) is 1.58. The number of rotatable bonds is 3. The fourth-order valence-corrected chi connectivity index (χ4v) is 1.66. The first-order valence-corrected chi connectivity index (χ1v) is 5.51. The molecular weight excluding hydrogens is 229 g/mol. The van der Waals surface area contributed by atoms with Crippen molar-refractivity contribution in [2.45, 2.75) is 6.54 Å². The maximum Gasteiger partial charge on any atom is 0.129 e. The van der Waals surface area contributed by atoms with Crippen LogP contribution >= 0.6 is 0 Å². The Morgan fingerprint density at radius 3 is 2.83 bits per heavy atom. The van der Waals surface area contributed by atoms with E-state index in [9.17, 15) is 4.39 Å². The van der Waals surface area contributed by atoms with Gasteiger partial charge < -0.3 is 4.90 Å². The average Bonchev–Trinajstić information content (AvgIpc) is 2.41. The van der Waals surface area contributed by atoms with Crippen LogP contribution in [0.15, 0.2) is 42.6 Å². The summed E-state index contributed by atoms with van der Waals surface area (Å²) in [6, 6.07) is 12.0. The molecule has 0 saturated heterocycles. The van der Waals surface area contributed by atoms with Gasteiger partial charge in [0.1, 0.15) is 11.6 Å². The first kappa shape index (κ1) is 12.1. The van der Waals surface area contributed by atoms with Crippen molar-refractivity contribution in [1.29, 1.82) is 5.26 Å². The highest BCUT2D eigenvalue weighted by Gasteiger charge is 2.07. The highest BCUT2D eigenvalue weighted by molar-refractivity contribution is 5.44. The van der Waals surface area contributed by atoms with E-state index in [1.807, 2.05) is 7.05 Å². The number of pyridine rings is 1. The predicted molar refractivity (Wildman–Crippen MR) is 67.5 cm³/mol. The molecule has 0 amide bonds. The number of benzene rings is 1. The maximum absolute atomic E-state index is 13.5. The predicted octanol–water partition coefficient (Wildman–Crippen LogP) is 2.73. The number of nitriles is 1. The van der Waals surface area contributed by atoms with Crippen LogP contribution in [0.25, 0.3) is 0 Å². The second-order valence-corrected chi connectivity index (χ2v) is 3.96. The van der Waals surface area contributed by atoms with E-state index in [4.69, 9.17) is 5.26 Å². The van der Waals surface area contributed by atoms with Crippen LogP contribution in [0.2, 0.25) is 0 Å². The van der Waals surface area contributed by atoms with Crippen LogP contribution in [0.1, 0.15) is 11.1 Å². The Kier molecular flexibility index (Phi) is 3.54. The molecule has 4 heteroatoms. The van der Waals surface area contributed by atoms with Gasteiger partial charge in [-0.05, 0) is 18.2 Å². The molecule has 0 N–H and O–H groups in total. The van der Waals surface area contributed by atoms with Crippen LogP contribution in [-0.2, 0) is 6.54 Å². The van der Waals surface area contributed by atoms with Crippen molar-refractivity contribution in [3.63, 3.8) is 0 Å². The van der Waals surface area contributed by atoms with E-state index in [0.717, 1.165) is 0 Å². The SMILES string of the molecule is CN(Cc1ccccc1F)c1cc(C#N)ccn1. The standard InChI is InChI=1S/C14H12FN3/c1-18(10-12-4-2-3-5-13(12)15)14-8-11(9-16)6-7-17-14/h2-8H,10H2,1H3. The van der Waals surface area contributed by atoms with Crippen LogP contribution in [0.5, 0.6) is 0 Å². The Hall–Kier alpha value is -2.41. The Labute approximate surface area is 105 Å². The van der Waals surface area contributed by atoms with E-state index in [-0.39, 0.29) is 5.82 Å². The third-order valence-corrected chi connectivity index (χ3v) is 2.63. The van der Waals surface area contributed by atoms with Gasteiger partial charge in [-0.2, -0.15) is 5.26 Å². The summed E-state index contributed by atoms with van der Waals surface area (Å²) >= 11 is 0. The zero-order valence-electron chi connectivity index (χ0n) is 9.97. The van der Waals surface area contributed by atoms with Crippen LogP contribution in [-0.4, -0.2) is 12.0 Å². The molecule has 0 radical (unpaired) electrons. The lowest BCUT2D eigenvalue weighted by atomic mass is 10.2. The summed E-state index contributed by atoms with van der Waals surface area (Å²) in [5, 5.41) is 8.82. The minimum Gasteiger partial charge on any atom is -0.355 e. The van der Waals surface area contributed by atoms with Gasteiger partial charge in [-0.15, -0.1) is 0 Å². The van der Waals surface area contributed by atoms with Crippen molar-refractivity contribution in [2.24, 2.45) is 0 Å². The Bertz CT molecular complexity index is 590. The Morgan fingerprint density at radius 2 is 2.11 bits per heavy atom. The third kappa shape index (κ3) is 2.64. The molecule has 2 aromatic rings. The number of hydrogen-bond acceptors (Lipinski definition) is 3. The summed E-state index contributed by atoms with van der Waals surface area (Å²) in [5.41, 5.74) is 1.14. The second-order valence-electron chi connectivity index (χ2n) is 3.96. The first-order valence-electron chi connectivity index (χ1n) is 5.51. The van der Waals surface area contributed by atoms with Crippen LogP contribution in [0.3, 0.4) is 0 Å². The second kappa shape index (κ2) is 5.28. The third-order valence-electron chi connectivity index (χ3n) is 2.63. The number of anilines is 1. The molecule has 18 heavy (non-hydrogen) atoms. The lowest BCUT2D eigenvalue weighted by molar-refractivity contribution is 0.607. The minimum atomic E-state index is -0.235.